The Hall–Kier alpha value is -1.32. The number of carbonyl (C=O) groups is 2. The van der Waals surface area contributed by atoms with E-state index in [9.17, 15) is 9.59 Å². The summed E-state index contributed by atoms with van der Waals surface area (Å²) in [5, 5.41) is 8.54. The van der Waals surface area contributed by atoms with E-state index < -0.39 is 6.09 Å². The Labute approximate surface area is 71.5 Å². The van der Waals surface area contributed by atoms with Gasteiger partial charge in [0.2, 0.25) is 0 Å². The molecule has 4 nitrogen and oxygen atoms in total. The fourth-order valence-corrected chi connectivity index (χ4v) is 0.689. The van der Waals surface area contributed by atoms with Crippen LogP contribution in [0.5, 0.6) is 0 Å². The quantitative estimate of drug-likeness (QED) is 0.498. The van der Waals surface area contributed by atoms with Crippen molar-refractivity contribution >= 4 is 12.4 Å². The van der Waals surface area contributed by atoms with Crippen LogP contribution in [-0.4, -0.2) is 35.5 Å². The van der Waals surface area contributed by atoms with Gasteiger partial charge >= 0.3 is 6.09 Å². The summed E-state index contributed by atoms with van der Waals surface area (Å²) in [5.41, 5.74) is 0. The van der Waals surface area contributed by atoms with Crippen LogP contribution in [0, 0.1) is 0 Å². The Morgan fingerprint density at radius 1 is 1.42 bits per heavy atom. The molecule has 0 aliphatic heterocycles. The minimum absolute atomic E-state index is 0.0661. The second kappa shape index (κ2) is 6.39. The Kier molecular flexibility index (Phi) is 5.69. The van der Waals surface area contributed by atoms with Crippen molar-refractivity contribution in [1.82, 2.24) is 4.90 Å². The van der Waals surface area contributed by atoms with E-state index in [1.54, 1.807) is 6.08 Å². The number of carboxylic acid groups (broad SMARTS) is 1. The predicted octanol–water partition coefficient (Wildman–Crippen LogP) is 1.13. The van der Waals surface area contributed by atoms with Gasteiger partial charge in [-0.15, -0.1) is 0 Å². The number of aldehydes is 1. The van der Waals surface area contributed by atoms with Crippen molar-refractivity contribution in [1.29, 1.82) is 0 Å². The molecule has 0 atom stereocenters. The second-order valence-corrected chi connectivity index (χ2v) is 2.23. The number of amides is 1. The van der Waals surface area contributed by atoms with Gasteiger partial charge in [0.05, 0.1) is 6.54 Å². The van der Waals surface area contributed by atoms with E-state index in [1.807, 2.05) is 13.0 Å². The first-order valence-corrected chi connectivity index (χ1v) is 3.78. The zero-order valence-corrected chi connectivity index (χ0v) is 7.06. The summed E-state index contributed by atoms with van der Waals surface area (Å²) in [6.07, 6.45) is 3.98. The van der Waals surface area contributed by atoms with Crippen molar-refractivity contribution in [2.75, 3.05) is 13.1 Å². The van der Waals surface area contributed by atoms with Crippen LogP contribution in [0.15, 0.2) is 12.2 Å². The summed E-state index contributed by atoms with van der Waals surface area (Å²) in [6, 6.07) is 0. The van der Waals surface area contributed by atoms with E-state index in [4.69, 9.17) is 5.11 Å². The Bertz CT molecular complexity index is 177. The first-order chi connectivity index (χ1) is 5.72. The van der Waals surface area contributed by atoms with Crippen molar-refractivity contribution in [3.8, 4) is 0 Å². The fraction of sp³-hybridized carbons (Fsp3) is 0.500. The molecule has 1 amide bonds. The second-order valence-electron chi connectivity index (χ2n) is 2.23. The molecule has 1 N–H and O–H groups in total. The molecular formula is C8H13NO3. The molecule has 0 heterocycles. The lowest BCUT2D eigenvalue weighted by Gasteiger charge is -2.12. The van der Waals surface area contributed by atoms with E-state index >= 15 is 0 Å². The van der Waals surface area contributed by atoms with E-state index in [0.29, 0.717) is 6.29 Å². The molecule has 0 aromatic carbocycles. The predicted molar refractivity (Wildman–Crippen MR) is 45.1 cm³/mol. The monoisotopic (exact) mass is 171 g/mol. The number of hydrogen-bond donors (Lipinski definition) is 1. The average Bonchev–Trinajstić information content (AvgIpc) is 2.03. The maximum Gasteiger partial charge on any atom is 0.407 e. The maximum atomic E-state index is 10.4. The molecule has 0 saturated carbocycles. The van der Waals surface area contributed by atoms with Gasteiger partial charge in [-0.2, -0.15) is 0 Å². The molecule has 0 unspecified atom stereocenters. The first kappa shape index (κ1) is 10.7. The normalized spacial score (nSPS) is 10.1. The largest absolute Gasteiger partial charge is 0.465 e. The standard InChI is InChI=1S/C8H13NO3/c1-2-3-4-5-9(6-7-10)8(11)12/h3-4,7H,2,5-6H2,1H3,(H,11,12)/b4-3+. The number of carbonyl (C=O) groups excluding carboxylic acids is 1. The number of allylic oxidation sites excluding steroid dienone is 1. The number of nitrogens with zero attached hydrogens (tertiary/aromatic N) is 1. The highest BCUT2D eigenvalue weighted by Crippen LogP contribution is 1.89. The van der Waals surface area contributed by atoms with Crippen LogP contribution in [0.25, 0.3) is 0 Å². The van der Waals surface area contributed by atoms with Crippen LogP contribution in [-0.2, 0) is 4.79 Å². The minimum Gasteiger partial charge on any atom is -0.465 e. The summed E-state index contributed by atoms with van der Waals surface area (Å²) in [7, 11) is 0. The summed E-state index contributed by atoms with van der Waals surface area (Å²) in [5.74, 6) is 0. The lowest BCUT2D eigenvalue weighted by Crippen LogP contribution is -2.31. The van der Waals surface area contributed by atoms with Gasteiger partial charge in [0.25, 0.3) is 0 Å². The highest BCUT2D eigenvalue weighted by Gasteiger charge is 2.07. The molecule has 0 saturated heterocycles. The molecule has 0 radical (unpaired) electrons. The molecule has 0 spiro atoms. The zero-order valence-electron chi connectivity index (χ0n) is 7.06. The molecular weight excluding hydrogens is 158 g/mol. The third-order valence-corrected chi connectivity index (χ3v) is 1.29. The molecule has 0 aliphatic rings. The van der Waals surface area contributed by atoms with Crippen molar-refractivity contribution in [3.63, 3.8) is 0 Å². The summed E-state index contributed by atoms with van der Waals surface area (Å²) >= 11 is 0. The molecule has 0 aromatic rings. The molecule has 0 bridgehead atoms. The van der Waals surface area contributed by atoms with Gasteiger partial charge in [-0.25, -0.2) is 4.79 Å². The molecule has 0 aliphatic carbocycles. The van der Waals surface area contributed by atoms with E-state index in [2.05, 4.69) is 0 Å². The van der Waals surface area contributed by atoms with Gasteiger partial charge in [-0.1, -0.05) is 19.1 Å². The van der Waals surface area contributed by atoms with Gasteiger partial charge < -0.3 is 9.90 Å². The third kappa shape index (κ3) is 4.49. The van der Waals surface area contributed by atoms with Crippen LogP contribution >= 0.6 is 0 Å². The maximum absolute atomic E-state index is 10.4. The lowest BCUT2D eigenvalue weighted by molar-refractivity contribution is -0.108. The number of hydrogen-bond acceptors (Lipinski definition) is 2. The lowest BCUT2D eigenvalue weighted by atomic mass is 10.4. The van der Waals surface area contributed by atoms with Gasteiger partial charge in [-0.3, -0.25) is 4.90 Å². The molecule has 12 heavy (non-hydrogen) atoms. The van der Waals surface area contributed by atoms with E-state index in [-0.39, 0.29) is 13.1 Å². The van der Waals surface area contributed by atoms with Crippen molar-refractivity contribution in [2.45, 2.75) is 13.3 Å². The Balaban J connectivity index is 3.86. The average molecular weight is 171 g/mol. The molecule has 0 aromatic heterocycles. The highest BCUT2D eigenvalue weighted by atomic mass is 16.4. The van der Waals surface area contributed by atoms with Gasteiger partial charge in [-0.05, 0) is 6.42 Å². The van der Waals surface area contributed by atoms with Crippen LogP contribution in [0.1, 0.15) is 13.3 Å². The Morgan fingerprint density at radius 3 is 2.50 bits per heavy atom. The van der Waals surface area contributed by atoms with E-state index in [1.165, 1.54) is 0 Å². The van der Waals surface area contributed by atoms with Crippen LogP contribution in [0.4, 0.5) is 4.79 Å². The highest BCUT2D eigenvalue weighted by molar-refractivity contribution is 5.69. The van der Waals surface area contributed by atoms with Crippen molar-refractivity contribution in [2.24, 2.45) is 0 Å². The first-order valence-electron chi connectivity index (χ1n) is 3.78. The Morgan fingerprint density at radius 2 is 2.08 bits per heavy atom. The zero-order chi connectivity index (χ0) is 9.40. The number of rotatable bonds is 5. The molecule has 0 rings (SSSR count). The summed E-state index contributed by atoms with van der Waals surface area (Å²) in [4.78, 5) is 21.5. The van der Waals surface area contributed by atoms with Crippen LogP contribution in [0.3, 0.4) is 0 Å². The molecule has 68 valence electrons. The molecule has 4 heteroatoms. The van der Waals surface area contributed by atoms with Crippen LogP contribution in [0.2, 0.25) is 0 Å². The van der Waals surface area contributed by atoms with Crippen LogP contribution < -0.4 is 0 Å². The third-order valence-electron chi connectivity index (χ3n) is 1.29. The fourth-order valence-electron chi connectivity index (χ4n) is 0.689. The van der Waals surface area contributed by atoms with Gasteiger partial charge in [0.1, 0.15) is 6.29 Å². The summed E-state index contributed by atoms with van der Waals surface area (Å²) in [6.45, 7) is 2.17. The van der Waals surface area contributed by atoms with Crippen molar-refractivity contribution in [3.05, 3.63) is 12.2 Å². The van der Waals surface area contributed by atoms with Gasteiger partial charge in [0, 0.05) is 6.54 Å². The summed E-state index contributed by atoms with van der Waals surface area (Å²) < 4.78 is 0. The van der Waals surface area contributed by atoms with Crippen molar-refractivity contribution < 1.29 is 14.7 Å². The van der Waals surface area contributed by atoms with E-state index in [0.717, 1.165) is 11.3 Å². The molecule has 0 fully saturated rings. The smallest absolute Gasteiger partial charge is 0.407 e. The van der Waals surface area contributed by atoms with Gasteiger partial charge in [0.15, 0.2) is 0 Å². The SMILES string of the molecule is CC/C=C/CN(CC=O)C(=O)O. The minimum atomic E-state index is -1.07. The topological polar surface area (TPSA) is 57.6 Å².